The number of morpholine rings is 1. The Morgan fingerprint density at radius 3 is 2.75 bits per heavy atom. The first-order valence-corrected chi connectivity index (χ1v) is 12.9. The first-order valence-electron chi connectivity index (χ1n) is 12.5. The number of pyridine rings is 1. The van der Waals surface area contributed by atoms with Crippen LogP contribution in [0.5, 0.6) is 0 Å². The van der Waals surface area contributed by atoms with Crippen LogP contribution in [0.15, 0.2) is 28.8 Å². The SMILES string of the molecule is C[C@H]1CN2c3c(nc4c(C(=O)NCc5cccc(C#N)c5)noc4c3Cl)CC3(C(=O)NC(=O)NC3=O)[C@@H]2[C@@H](C)O1. The molecular formula is C26H22ClN7O6. The number of imide groups is 2. The number of benzene rings is 1. The quantitative estimate of drug-likeness (QED) is 0.396. The zero-order valence-electron chi connectivity index (χ0n) is 21.3. The van der Waals surface area contributed by atoms with Crippen LogP contribution in [0.25, 0.3) is 11.1 Å². The molecule has 3 aliphatic rings. The summed E-state index contributed by atoms with van der Waals surface area (Å²) in [5, 5.41) is 20.3. The average Bonchev–Trinajstić information content (AvgIpc) is 3.34. The Balaban J connectivity index is 1.43. The molecule has 204 valence electrons. The minimum atomic E-state index is -1.75. The van der Waals surface area contributed by atoms with Gasteiger partial charge in [0.25, 0.3) is 5.91 Å². The van der Waals surface area contributed by atoms with Crippen LogP contribution in [0.2, 0.25) is 5.02 Å². The van der Waals surface area contributed by atoms with Crippen molar-refractivity contribution in [1.29, 1.82) is 5.26 Å². The Morgan fingerprint density at radius 1 is 1.27 bits per heavy atom. The zero-order valence-corrected chi connectivity index (χ0v) is 22.0. The number of hydrogen-bond acceptors (Lipinski definition) is 10. The van der Waals surface area contributed by atoms with E-state index in [4.69, 9.17) is 26.1 Å². The predicted octanol–water partition coefficient (Wildman–Crippen LogP) is 1.57. The fourth-order valence-electron chi connectivity index (χ4n) is 5.92. The number of carbonyl (C=O) groups is 4. The molecule has 3 N–H and O–H groups in total. The first-order chi connectivity index (χ1) is 19.1. The largest absolute Gasteiger partial charge is 0.372 e. The van der Waals surface area contributed by atoms with E-state index < -0.39 is 41.3 Å². The molecule has 3 aromatic rings. The number of fused-ring (bicyclic) bond motifs is 5. The number of nitrogens with zero attached hydrogens (tertiary/aromatic N) is 4. The number of nitrogens with one attached hydrogen (secondary N) is 3. The van der Waals surface area contributed by atoms with Crippen molar-refractivity contribution in [3.8, 4) is 6.07 Å². The zero-order chi connectivity index (χ0) is 28.3. The summed E-state index contributed by atoms with van der Waals surface area (Å²) >= 11 is 6.85. The number of rotatable bonds is 3. The summed E-state index contributed by atoms with van der Waals surface area (Å²) in [6, 6.07) is 7.11. The lowest BCUT2D eigenvalue weighted by Crippen LogP contribution is -2.75. The molecule has 0 aliphatic carbocycles. The smallest absolute Gasteiger partial charge is 0.328 e. The molecule has 40 heavy (non-hydrogen) atoms. The van der Waals surface area contributed by atoms with Crippen molar-refractivity contribution in [1.82, 2.24) is 26.1 Å². The molecule has 5 heterocycles. The number of nitriles is 1. The number of anilines is 1. The maximum Gasteiger partial charge on any atom is 0.328 e. The lowest BCUT2D eigenvalue weighted by Gasteiger charge is -2.55. The van der Waals surface area contributed by atoms with Gasteiger partial charge in [-0.3, -0.25) is 25.0 Å². The van der Waals surface area contributed by atoms with Crippen molar-refractivity contribution in [3.63, 3.8) is 0 Å². The van der Waals surface area contributed by atoms with Crippen LogP contribution in [0, 0.1) is 16.7 Å². The highest BCUT2D eigenvalue weighted by Gasteiger charge is 2.63. The Morgan fingerprint density at radius 2 is 2.02 bits per heavy atom. The molecule has 2 aromatic heterocycles. The molecule has 5 amide bonds. The van der Waals surface area contributed by atoms with Crippen LogP contribution in [-0.4, -0.2) is 58.7 Å². The molecule has 3 atom stereocenters. The first kappa shape index (κ1) is 25.7. The van der Waals surface area contributed by atoms with Gasteiger partial charge < -0.3 is 19.5 Å². The second-order valence-electron chi connectivity index (χ2n) is 10.1. The van der Waals surface area contributed by atoms with Crippen molar-refractivity contribution >= 4 is 52.1 Å². The van der Waals surface area contributed by atoms with E-state index in [0.29, 0.717) is 16.8 Å². The lowest BCUT2D eigenvalue weighted by atomic mass is 9.67. The summed E-state index contributed by atoms with van der Waals surface area (Å²) in [7, 11) is 0. The molecule has 0 unspecified atom stereocenters. The van der Waals surface area contributed by atoms with Gasteiger partial charge in [0, 0.05) is 19.5 Å². The van der Waals surface area contributed by atoms with E-state index >= 15 is 0 Å². The summed E-state index contributed by atoms with van der Waals surface area (Å²) in [6.45, 7) is 3.99. The highest BCUT2D eigenvalue weighted by molar-refractivity contribution is 6.38. The second kappa shape index (κ2) is 9.29. The molecule has 2 fully saturated rings. The van der Waals surface area contributed by atoms with Crippen LogP contribution in [0.1, 0.15) is 41.2 Å². The highest BCUT2D eigenvalue weighted by atomic mass is 35.5. The van der Waals surface area contributed by atoms with Crippen molar-refractivity contribution in [3.05, 3.63) is 51.8 Å². The standard InChI is InChI=1S/C26H22ClN7O6/c1-11-10-34-19-15(7-26(21(34)12(2)39-11)23(36)31-25(38)32-24(26)37)30-17-18(33-40-20(17)16(19)27)22(35)29-9-14-5-3-4-13(6-14)8-28/h3-6,11-12,21H,7,9-10H2,1-2H3,(H,29,35)(H2,31,32,36,37,38)/t11-,12+,21-/m0/s1. The van der Waals surface area contributed by atoms with E-state index in [0.717, 1.165) is 0 Å². The Bertz CT molecular complexity index is 1640. The lowest BCUT2D eigenvalue weighted by molar-refractivity contribution is -0.153. The summed E-state index contributed by atoms with van der Waals surface area (Å²) in [5.41, 5.74) is 0.119. The van der Waals surface area contributed by atoms with Crippen LogP contribution >= 0.6 is 11.6 Å². The van der Waals surface area contributed by atoms with Crippen molar-refractivity contribution in [2.45, 2.75) is 45.1 Å². The van der Waals surface area contributed by atoms with E-state index in [1.807, 2.05) is 13.0 Å². The van der Waals surface area contributed by atoms with Gasteiger partial charge in [-0.15, -0.1) is 0 Å². The summed E-state index contributed by atoms with van der Waals surface area (Å²) < 4.78 is 11.5. The Kier molecular flexibility index (Phi) is 5.97. The fourth-order valence-corrected chi connectivity index (χ4v) is 6.26. The normalized spacial score (nSPS) is 23.2. The van der Waals surface area contributed by atoms with Crippen LogP contribution < -0.4 is 20.9 Å². The second-order valence-corrected chi connectivity index (χ2v) is 10.4. The molecule has 0 saturated carbocycles. The number of halogens is 1. The van der Waals surface area contributed by atoms with Gasteiger partial charge in [-0.05, 0) is 31.5 Å². The van der Waals surface area contributed by atoms with E-state index in [1.54, 1.807) is 36.1 Å². The van der Waals surface area contributed by atoms with Crippen molar-refractivity contribution in [2.24, 2.45) is 5.41 Å². The van der Waals surface area contributed by atoms with Gasteiger partial charge in [-0.2, -0.15) is 5.26 Å². The van der Waals surface area contributed by atoms with Gasteiger partial charge in [0.15, 0.2) is 11.1 Å². The number of aromatic nitrogens is 2. The number of urea groups is 1. The highest BCUT2D eigenvalue weighted by Crippen LogP contribution is 2.50. The number of barbiturate groups is 1. The van der Waals surface area contributed by atoms with Crippen LogP contribution in [0.4, 0.5) is 10.5 Å². The molecule has 1 aromatic carbocycles. The molecule has 0 bridgehead atoms. The van der Waals surface area contributed by atoms with Gasteiger partial charge in [-0.1, -0.05) is 28.9 Å². The van der Waals surface area contributed by atoms with E-state index in [1.165, 1.54) is 0 Å². The third-order valence-electron chi connectivity index (χ3n) is 7.50. The number of carbonyl (C=O) groups excluding carboxylic acids is 4. The molecule has 14 heteroatoms. The molecular weight excluding hydrogens is 542 g/mol. The molecule has 6 rings (SSSR count). The van der Waals surface area contributed by atoms with Crippen molar-refractivity contribution < 1.29 is 28.4 Å². The topological polar surface area (TPSA) is 180 Å². The number of hydrogen-bond donors (Lipinski definition) is 3. The molecule has 1 spiro atoms. The Labute approximate surface area is 231 Å². The van der Waals surface area contributed by atoms with Gasteiger partial charge in [0.2, 0.25) is 17.4 Å². The third kappa shape index (κ3) is 3.79. The summed E-state index contributed by atoms with van der Waals surface area (Å²) in [5.74, 6) is -2.14. The monoisotopic (exact) mass is 563 g/mol. The van der Waals surface area contributed by atoms with Crippen LogP contribution in [0.3, 0.4) is 0 Å². The van der Waals surface area contributed by atoms with Gasteiger partial charge in [0.1, 0.15) is 10.5 Å². The summed E-state index contributed by atoms with van der Waals surface area (Å²) in [6.07, 6.45) is -1.09. The minimum absolute atomic E-state index is 0.0580. The molecule has 3 aliphatic heterocycles. The number of ether oxygens (including phenoxy) is 1. The Hall–Kier alpha value is -4.54. The summed E-state index contributed by atoms with van der Waals surface area (Å²) in [4.78, 5) is 58.2. The van der Waals surface area contributed by atoms with E-state index in [2.05, 4.69) is 26.1 Å². The maximum atomic E-state index is 13.4. The maximum absolute atomic E-state index is 13.4. The van der Waals surface area contributed by atoms with Crippen molar-refractivity contribution in [2.75, 3.05) is 11.4 Å². The van der Waals surface area contributed by atoms with Crippen LogP contribution in [-0.2, 0) is 27.3 Å². The van der Waals surface area contributed by atoms with Gasteiger partial charge in [-0.25, -0.2) is 9.78 Å². The third-order valence-corrected chi connectivity index (χ3v) is 7.85. The van der Waals surface area contributed by atoms with E-state index in [9.17, 15) is 19.2 Å². The predicted molar refractivity (Wildman–Crippen MR) is 138 cm³/mol. The molecule has 0 radical (unpaired) electrons. The molecule has 13 nitrogen and oxygen atoms in total. The van der Waals surface area contributed by atoms with E-state index in [-0.39, 0.29) is 53.1 Å². The molecule has 2 saturated heterocycles. The van der Waals surface area contributed by atoms with Gasteiger partial charge in [0.05, 0.1) is 41.3 Å². The fraction of sp³-hybridized carbons (Fsp3) is 0.346. The average molecular weight is 564 g/mol. The number of amides is 5. The minimum Gasteiger partial charge on any atom is -0.372 e. The van der Waals surface area contributed by atoms with Gasteiger partial charge >= 0.3 is 6.03 Å².